The van der Waals surface area contributed by atoms with Gasteiger partial charge in [-0.25, -0.2) is 0 Å². The van der Waals surface area contributed by atoms with Gasteiger partial charge in [-0.3, -0.25) is 0 Å². The Morgan fingerprint density at radius 1 is 0.434 bits per heavy atom. The van der Waals surface area contributed by atoms with Gasteiger partial charge in [-0.15, -0.1) is 0 Å². The molecule has 28 heteroatoms. The number of aliphatic hydroxyl groups excluding tert-OH is 10. The molecule has 0 amide bonds. The minimum absolute atomic E-state index is 0. The molecule has 0 aromatic heterocycles. The van der Waals surface area contributed by atoms with Crippen LogP contribution in [0.4, 0.5) is 0 Å². The van der Waals surface area contributed by atoms with E-state index in [4.69, 9.17) is 102 Å². The van der Waals surface area contributed by atoms with Crippen LogP contribution in [0.3, 0.4) is 0 Å². The van der Waals surface area contributed by atoms with E-state index in [-0.39, 0.29) is 7.43 Å². The fourth-order valence-corrected chi connectivity index (χ4v) is 5.90. The fraction of sp³-hybridized carbons (Fsp3) is 1.00. The summed E-state index contributed by atoms with van der Waals surface area (Å²) in [6.45, 7) is -2.46. The van der Waals surface area contributed by atoms with Crippen LogP contribution >= 0.6 is 0 Å². The normalized spacial score (nSPS) is 45.9. The molecule has 4 saturated heterocycles. The van der Waals surface area contributed by atoms with E-state index >= 15 is 0 Å². The number of rotatable bonds is 14. The summed E-state index contributed by atoms with van der Waals surface area (Å²) in [7, 11) is 26.8. The van der Waals surface area contributed by atoms with Gasteiger partial charge in [-0.05, 0) is 0 Å². The molecule has 10 N–H and O–H groups in total. The third-order valence-corrected chi connectivity index (χ3v) is 8.84. The summed E-state index contributed by atoms with van der Waals surface area (Å²) in [6.07, 6.45) is -26.2. The Balaban J connectivity index is 0.000000369. The van der Waals surface area contributed by atoms with Gasteiger partial charge in [0.05, 0.1) is 13.2 Å². The van der Waals surface area contributed by atoms with E-state index in [1.807, 2.05) is 0 Å². The molecule has 0 aromatic rings. The molecule has 4 aliphatic heterocycles. The molecule has 10 radical (unpaired) electrons. The maximum atomic E-state index is 11.4. The summed E-state index contributed by atoms with van der Waals surface area (Å²) in [5, 5.41) is 95.5. The van der Waals surface area contributed by atoms with Crippen molar-refractivity contribution < 1.29 is 107 Å². The Morgan fingerprint density at radius 2 is 0.774 bits per heavy atom. The molecule has 4 aliphatic rings. The maximum absolute atomic E-state index is 11.4. The summed E-state index contributed by atoms with van der Waals surface area (Å²) in [5.74, 6) is -1.01. The van der Waals surface area contributed by atoms with E-state index in [1.165, 1.54) is 0 Å². The molecule has 4 rings (SSSR count). The SMILES string of the molecule is C.OC[C@H]1O[C@H](O[C@H]2O[C@H](CO)[C@@H](O)[C@H](O)[C@H]2O)[C@H](O)[C@@H](O)[C@@H]1O.[B]O[C@@H]1[C@@H](O[B])[C@@H](O[C@H]2O[C@H](CO)[C@@H](B=O)[C@H](O[B])[C@H]2O[B])O[C@H](CO)[C@H]1O[B]. The van der Waals surface area contributed by atoms with Crippen LogP contribution in [-0.4, -0.2) is 242 Å². The van der Waals surface area contributed by atoms with E-state index < -0.39 is 149 Å². The second kappa shape index (κ2) is 22.9. The molecule has 20 atom stereocenters. The minimum atomic E-state index is -1.72. The first kappa shape index (κ1) is 48.5. The van der Waals surface area contributed by atoms with Crippen molar-refractivity contribution in [3.05, 3.63) is 0 Å². The molecule has 53 heavy (non-hydrogen) atoms. The van der Waals surface area contributed by atoms with Crippen LogP contribution < -0.4 is 0 Å². The zero-order valence-corrected chi connectivity index (χ0v) is 27.2. The molecular formula is C25H42B6O22. The van der Waals surface area contributed by atoms with E-state index in [2.05, 4.69) is 0 Å². The quantitative estimate of drug-likeness (QED) is 0.0735. The number of hydrogen-bond acceptors (Lipinski definition) is 22. The van der Waals surface area contributed by atoms with Crippen LogP contribution in [0.15, 0.2) is 0 Å². The Morgan fingerprint density at radius 3 is 1.13 bits per heavy atom. The zero-order chi connectivity index (χ0) is 38.9. The van der Waals surface area contributed by atoms with Gasteiger partial charge in [0.15, 0.2) is 12.6 Å². The van der Waals surface area contributed by atoms with Gasteiger partial charge in [0, 0.05) is 0 Å². The molecule has 22 nitrogen and oxygen atoms in total. The van der Waals surface area contributed by atoms with Crippen LogP contribution in [0.1, 0.15) is 7.43 Å². The molecule has 292 valence electrons. The summed E-state index contributed by atoms with van der Waals surface area (Å²) >= 11 is 0. The van der Waals surface area contributed by atoms with Crippen molar-refractivity contribution in [3.8, 4) is 0 Å². The number of hydrogen-bond donors (Lipinski definition) is 10. The summed E-state index contributed by atoms with van der Waals surface area (Å²) in [4.78, 5) is 0. The zero-order valence-electron chi connectivity index (χ0n) is 27.2. The molecule has 0 aliphatic carbocycles. The molecule has 0 bridgehead atoms. The number of aliphatic hydroxyl groups is 10. The van der Waals surface area contributed by atoms with Gasteiger partial charge in [0.1, 0.15) is 48.8 Å². The molecule has 0 saturated carbocycles. The average Bonchev–Trinajstić information content (AvgIpc) is 3.16. The van der Waals surface area contributed by atoms with Crippen LogP contribution in [0.2, 0.25) is 5.82 Å². The van der Waals surface area contributed by atoms with Crippen LogP contribution in [-0.2, 0) is 56.4 Å². The van der Waals surface area contributed by atoms with Gasteiger partial charge in [0.25, 0.3) is 0 Å². The first-order valence-corrected chi connectivity index (χ1v) is 15.5. The standard InChI is InChI=1S/C12H16B6O11.C12H22O11.CH4/c13-25-6-4(2-20)23-12(10(29-17)8(6)27-15)24-11-9(28-16)7(26-14)5(18-21)3(1-19)22-11;13-1-3-5(15)7(17)9(19)11(21-3)23-12-10(20)8(18)6(16)4(2-14)22-12;/h3-12,19-20H,1-2H2;3-20H,1-2H2;1H4/t2*3-,4-,5-,6-,7+,8+,9-,10-,11-,12-;/m11./s1. The van der Waals surface area contributed by atoms with Crippen molar-refractivity contribution in [1.29, 1.82) is 0 Å². The summed E-state index contributed by atoms with van der Waals surface area (Å²) in [6, 6.07) is 0. The third kappa shape index (κ3) is 10.9. The van der Waals surface area contributed by atoms with Crippen molar-refractivity contribution in [2.24, 2.45) is 0 Å². The van der Waals surface area contributed by atoms with E-state index in [1.54, 1.807) is 0 Å². The van der Waals surface area contributed by atoms with Gasteiger partial charge in [0.2, 0.25) is 0 Å². The van der Waals surface area contributed by atoms with Gasteiger partial charge in [-0.1, -0.05) is 7.43 Å². The van der Waals surface area contributed by atoms with Gasteiger partial charge < -0.3 is 55.1 Å². The van der Waals surface area contributed by atoms with Crippen molar-refractivity contribution in [1.82, 2.24) is 0 Å². The Kier molecular flexibility index (Phi) is 21.0. The van der Waals surface area contributed by atoms with Crippen molar-refractivity contribution in [2.75, 3.05) is 26.4 Å². The predicted octanol–water partition coefficient (Wildman–Crippen LogP) is -9.14. The van der Waals surface area contributed by atoms with Gasteiger partial charge in [-0.2, -0.15) is 0 Å². The van der Waals surface area contributed by atoms with Crippen molar-refractivity contribution in [2.45, 2.75) is 130 Å². The predicted molar refractivity (Wildman–Crippen MR) is 171 cm³/mol. The van der Waals surface area contributed by atoms with Crippen LogP contribution in [0, 0.1) is 0 Å². The second-order valence-electron chi connectivity index (χ2n) is 11.8. The van der Waals surface area contributed by atoms with E-state index in [0.29, 0.717) is 7.15 Å². The molecule has 4 fully saturated rings. The summed E-state index contributed by atoms with van der Waals surface area (Å²) < 4.78 is 67.5. The van der Waals surface area contributed by atoms with Crippen LogP contribution in [0.5, 0.6) is 0 Å². The molecule has 0 aromatic carbocycles. The molecule has 0 spiro atoms. The van der Waals surface area contributed by atoms with Crippen molar-refractivity contribution in [3.63, 3.8) is 0 Å². The monoisotopic (exact) mass is 760 g/mol. The first-order chi connectivity index (χ1) is 24.8. The fourth-order valence-electron chi connectivity index (χ4n) is 5.90. The number of ether oxygens (including phenoxy) is 6. The Hall–Kier alpha value is -0.650. The van der Waals surface area contributed by atoms with E-state index in [9.17, 15) is 45.6 Å². The average molecular weight is 759 g/mol. The molecule has 4 heterocycles. The molecular weight excluding hydrogens is 717 g/mol. The first-order valence-electron chi connectivity index (χ1n) is 15.5. The topological polar surface area (TPSA) is 321 Å². The summed E-state index contributed by atoms with van der Waals surface area (Å²) in [5.41, 5.74) is 0. The van der Waals surface area contributed by atoms with E-state index in [0.717, 1.165) is 0 Å². The Labute approximate surface area is 311 Å². The van der Waals surface area contributed by atoms with Crippen molar-refractivity contribution >= 4 is 47.4 Å². The Bertz CT molecular complexity index is 1010. The third-order valence-electron chi connectivity index (χ3n) is 8.84. The van der Waals surface area contributed by atoms with Crippen LogP contribution in [0.25, 0.3) is 0 Å². The second-order valence-corrected chi connectivity index (χ2v) is 11.8. The van der Waals surface area contributed by atoms with Gasteiger partial charge >= 0.3 is 174 Å². The molecule has 0 unspecified atom stereocenters.